The minimum absolute atomic E-state index is 0.00332. The van der Waals surface area contributed by atoms with Crippen LogP contribution in [0.5, 0.6) is 0 Å². The van der Waals surface area contributed by atoms with Crippen molar-refractivity contribution in [3.8, 4) is 0 Å². The number of fused-ring (bicyclic) bond motifs is 1. The number of anilines is 2. The Bertz CT molecular complexity index is 969. The summed E-state index contributed by atoms with van der Waals surface area (Å²) in [6, 6.07) is 14.0. The molecule has 0 bridgehead atoms. The van der Waals surface area contributed by atoms with E-state index in [1.54, 1.807) is 12.1 Å². The van der Waals surface area contributed by atoms with E-state index in [1.807, 2.05) is 24.4 Å². The van der Waals surface area contributed by atoms with E-state index in [1.165, 1.54) is 12.1 Å². The molecule has 6 heteroatoms. The number of aromatic nitrogens is 1. The monoisotopic (exact) mass is 427 g/mol. The Morgan fingerprint density at radius 3 is 2.59 bits per heavy atom. The molecule has 0 spiro atoms. The van der Waals surface area contributed by atoms with E-state index in [4.69, 9.17) is 0 Å². The lowest BCUT2D eigenvalue weighted by Gasteiger charge is -2.33. The molecule has 4 rings (SSSR count). The highest BCUT2D eigenvalue weighted by Crippen LogP contribution is 2.31. The predicted molar refractivity (Wildman–Crippen MR) is 109 cm³/mol. The fraction of sp³-hybridized carbons (Fsp3) is 0.238. The van der Waals surface area contributed by atoms with Gasteiger partial charge in [-0.05, 0) is 61.4 Å². The Hall–Kier alpha value is -2.47. The van der Waals surface area contributed by atoms with E-state index in [0.717, 1.165) is 47.0 Å². The topological polar surface area (TPSA) is 45.2 Å². The molecule has 1 fully saturated rings. The number of hydrogen-bond donors (Lipinski definition) is 1. The van der Waals surface area contributed by atoms with Crippen LogP contribution < -0.4 is 10.2 Å². The molecule has 2 heterocycles. The third-order valence-corrected chi connectivity index (χ3v) is 5.49. The first kappa shape index (κ1) is 17.9. The Morgan fingerprint density at radius 1 is 1.11 bits per heavy atom. The first-order valence-corrected chi connectivity index (χ1v) is 9.75. The molecule has 0 saturated carbocycles. The summed E-state index contributed by atoms with van der Waals surface area (Å²) in [5, 5.41) is 4.00. The second-order valence-corrected chi connectivity index (χ2v) is 7.66. The normalized spacial score (nSPS) is 15.1. The van der Waals surface area contributed by atoms with Gasteiger partial charge >= 0.3 is 0 Å². The van der Waals surface area contributed by atoms with E-state index in [2.05, 4.69) is 37.2 Å². The summed E-state index contributed by atoms with van der Waals surface area (Å²) in [5.74, 6) is -0.341. The molecule has 1 aliphatic rings. The van der Waals surface area contributed by atoms with Crippen LogP contribution >= 0.6 is 15.9 Å². The van der Waals surface area contributed by atoms with E-state index in [-0.39, 0.29) is 17.6 Å². The van der Waals surface area contributed by atoms with Crippen molar-refractivity contribution in [1.29, 1.82) is 0 Å². The van der Waals surface area contributed by atoms with Crippen LogP contribution in [0.4, 0.5) is 15.8 Å². The Balaban J connectivity index is 1.44. The lowest BCUT2D eigenvalue weighted by atomic mass is 9.95. The molecule has 4 nitrogen and oxygen atoms in total. The lowest BCUT2D eigenvalue weighted by Crippen LogP contribution is -2.38. The number of halogens is 2. The lowest BCUT2D eigenvalue weighted by molar-refractivity contribution is -0.120. The maximum Gasteiger partial charge on any atom is 0.227 e. The van der Waals surface area contributed by atoms with Crippen LogP contribution in [-0.2, 0) is 4.79 Å². The second kappa shape index (κ2) is 7.64. The number of carbonyl (C=O) groups is 1. The predicted octanol–water partition coefficient (Wildman–Crippen LogP) is 4.99. The minimum Gasteiger partial charge on any atom is -0.371 e. The van der Waals surface area contributed by atoms with Crippen molar-refractivity contribution in [2.75, 3.05) is 23.3 Å². The van der Waals surface area contributed by atoms with Gasteiger partial charge in [-0.15, -0.1) is 0 Å². The molecule has 2 aromatic carbocycles. The zero-order valence-corrected chi connectivity index (χ0v) is 16.2. The Kier molecular flexibility index (Phi) is 5.07. The highest BCUT2D eigenvalue weighted by Gasteiger charge is 2.26. The summed E-state index contributed by atoms with van der Waals surface area (Å²) < 4.78 is 14.0. The zero-order chi connectivity index (χ0) is 18.8. The van der Waals surface area contributed by atoms with Crippen molar-refractivity contribution in [2.45, 2.75) is 12.8 Å². The number of rotatable bonds is 3. The van der Waals surface area contributed by atoms with Gasteiger partial charge in [0.2, 0.25) is 5.91 Å². The van der Waals surface area contributed by atoms with Crippen molar-refractivity contribution in [2.24, 2.45) is 5.92 Å². The zero-order valence-electron chi connectivity index (χ0n) is 14.7. The molecular formula is C21H19BrFN3O. The minimum atomic E-state index is -0.308. The molecule has 27 heavy (non-hydrogen) atoms. The van der Waals surface area contributed by atoms with Gasteiger partial charge in [0.15, 0.2) is 0 Å². The van der Waals surface area contributed by atoms with Crippen LogP contribution in [0, 0.1) is 11.7 Å². The van der Waals surface area contributed by atoms with Gasteiger partial charge in [0.1, 0.15) is 5.82 Å². The standard InChI is InChI=1S/C21H19BrFN3O/c22-15-1-6-19-18(13-15)20(7-10-24-19)26-11-8-14(9-12-26)21(27)25-17-4-2-16(23)3-5-17/h1-7,10,13-14H,8-9,11-12H2,(H,25,27). The maximum absolute atomic E-state index is 13.0. The molecule has 1 amide bonds. The largest absolute Gasteiger partial charge is 0.371 e. The van der Waals surface area contributed by atoms with Gasteiger partial charge in [-0.3, -0.25) is 9.78 Å². The summed E-state index contributed by atoms with van der Waals surface area (Å²) in [4.78, 5) is 19.3. The highest BCUT2D eigenvalue weighted by atomic mass is 79.9. The number of nitrogens with zero attached hydrogens (tertiary/aromatic N) is 2. The number of piperidine rings is 1. The molecule has 1 aromatic heterocycles. The summed E-state index contributed by atoms with van der Waals surface area (Å²) in [6.07, 6.45) is 3.40. The number of pyridine rings is 1. The summed E-state index contributed by atoms with van der Waals surface area (Å²) in [5.41, 5.74) is 2.75. The van der Waals surface area contributed by atoms with Gasteiger partial charge in [-0.1, -0.05) is 15.9 Å². The number of benzene rings is 2. The Labute approximate surface area is 165 Å². The van der Waals surface area contributed by atoms with Crippen LogP contribution in [0.15, 0.2) is 59.2 Å². The molecule has 1 saturated heterocycles. The number of hydrogen-bond acceptors (Lipinski definition) is 3. The van der Waals surface area contributed by atoms with Crippen LogP contribution in [0.1, 0.15) is 12.8 Å². The van der Waals surface area contributed by atoms with E-state index in [0.29, 0.717) is 5.69 Å². The molecule has 1 aliphatic heterocycles. The van der Waals surface area contributed by atoms with E-state index < -0.39 is 0 Å². The first-order valence-electron chi connectivity index (χ1n) is 8.96. The van der Waals surface area contributed by atoms with Crippen LogP contribution in [0.3, 0.4) is 0 Å². The maximum atomic E-state index is 13.0. The van der Waals surface area contributed by atoms with E-state index >= 15 is 0 Å². The van der Waals surface area contributed by atoms with Crippen molar-refractivity contribution in [3.05, 3.63) is 65.0 Å². The fourth-order valence-corrected chi connectivity index (χ4v) is 3.90. The smallest absolute Gasteiger partial charge is 0.227 e. The molecule has 0 aliphatic carbocycles. The van der Waals surface area contributed by atoms with Gasteiger partial charge < -0.3 is 10.2 Å². The van der Waals surface area contributed by atoms with Gasteiger partial charge in [0.05, 0.1) is 5.52 Å². The second-order valence-electron chi connectivity index (χ2n) is 6.75. The highest BCUT2D eigenvalue weighted by molar-refractivity contribution is 9.10. The fourth-order valence-electron chi connectivity index (χ4n) is 3.54. The van der Waals surface area contributed by atoms with Gasteiger partial charge in [0, 0.05) is 46.4 Å². The molecule has 1 N–H and O–H groups in total. The number of carbonyl (C=O) groups excluding carboxylic acids is 1. The molecular weight excluding hydrogens is 409 g/mol. The molecule has 138 valence electrons. The van der Waals surface area contributed by atoms with Crippen molar-refractivity contribution in [1.82, 2.24) is 4.98 Å². The van der Waals surface area contributed by atoms with Gasteiger partial charge in [0.25, 0.3) is 0 Å². The Morgan fingerprint density at radius 2 is 1.85 bits per heavy atom. The summed E-state index contributed by atoms with van der Waals surface area (Å²) in [7, 11) is 0. The molecule has 0 radical (unpaired) electrons. The van der Waals surface area contributed by atoms with E-state index in [9.17, 15) is 9.18 Å². The number of nitrogens with one attached hydrogen (secondary N) is 1. The summed E-state index contributed by atoms with van der Waals surface area (Å²) >= 11 is 3.53. The third-order valence-electron chi connectivity index (χ3n) is 5.00. The van der Waals surface area contributed by atoms with Crippen LogP contribution in [0.2, 0.25) is 0 Å². The first-order chi connectivity index (χ1) is 13.1. The quantitative estimate of drug-likeness (QED) is 0.639. The van der Waals surface area contributed by atoms with Crippen LogP contribution in [0.25, 0.3) is 10.9 Å². The molecule has 0 unspecified atom stereocenters. The average Bonchev–Trinajstić information content (AvgIpc) is 2.69. The average molecular weight is 428 g/mol. The molecule has 3 aromatic rings. The summed E-state index contributed by atoms with van der Waals surface area (Å²) in [6.45, 7) is 1.63. The van der Waals surface area contributed by atoms with Crippen molar-refractivity contribution >= 4 is 44.1 Å². The number of amides is 1. The van der Waals surface area contributed by atoms with Crippen molar-refractivity contribution < 1.29 is 9.18 Å². The van der Waals surface area contributed by atoms with Gasteiger partial charge in [-0.25, -0.2) is 4.39 Å². The van der Waals surface area contributed by atoms with Gasteiger partial charge in [-0.2, -0.15) is 0 Å². The molecule has 0 atom stereocenters. The third kappa shape index (κ3) is 3.95. The van der Waals surface area contributed by atoms with Crippen molar-refractivity contribution in [3.63, 3.8) is 0 Å². The van der Waals surface area contributed by atoms with Crippen LogP contribution in [-0.4, -0.2) is 24.0 Å². The SMILES string of the molecule is O=C(Nc1ccc(F)cc1)C1CCN(c2ccnc3ccc(Br)cc23)CC1.